The second-order valence-corrected chi connectivity index (χ2v) is 2.07. The lowest BCUT2D eigenvalue weighted by Crippen LogP contribution is -1.48. The third-order valence-corrected chi connectivity index (χ3v) is 1.61. The van der Waals surface area contributed by atoms with Gasteiger partial charge in [-0.3, -0.25) is 0 Å². The predicted molar refractivity (Wildman–Crippen MR) is 27.6 cm³/mol. The Hall–Kier alpha value is -0.500. The van der Waals surface area contributed by atoms with E-state index in [0.717, 1.165) is 0 Å². The van der Waals surface area contributed by atoms with Gasteiger partial charge in [0.2, 0.25) is 0 Å². The molecule has 1 aromatic heterocycles. The third kappa shape index (κ3) is 0.165. The SMILES string of the molecule is c1scc2c1N2. The van der Waals surface area contributed by atoms with Gasteiger partial charge in [-0.05, 0) is 0 Å². The number of rotatable bonds is 0. The van der Waals surface area contributed by atoms with Crippen LogP contribution in [0.4, 0.5) is 11.4 Å². The summed E-state index contributed by atoms with van der Waals surface area (Å²) < 4.78 is 0. The van der Waals surface area contributed by atoms with Gasteiger partial charge in [-0.1, -0.05) is 0 Å². The van der Waals surface area contributed by atoms with Crippen LogP contribution in [0, 0.1) is 0 Å². The molecule has 30 valence electrons. The molecular weight excluding hydrogens is 94.1 g/mol. The molecule has 0 amide bonds. The molecule has 1 aliphatic heterocycles. The standard InChI is InChI=1S/C4H3NS/c1-3-4(5-3)2-6-1/h1-2,5H. The molecule has 0 radical (unpaired) electrons. The Bertz CT molecular complexity index is 151. The molecule has 2 heteroatoms. The zero-order chi connectivity index (χ0) is 3.98. The summed E-state index contributed by atoms with van der Waals surface area (Å²) in [6, 6.07) is 0. The Labute approximate surface area is 39.6 Å². The predicted octanol–water partition coefficient (Wildman–Crippen LogP) is 1.81. The van der Waals surface area contributed by atoms with Gasteiger partial charge in [0.25, 0.3) is 0 Å². The van der Waals surface area contributed by atoms with E-state index in [1.54, 1.807) is 11.3 Å². The molecule has 0 fully saturated rings. The van der Waals surface area contributed by atoms with Crippen LogP contribution in [-0.2, 0) is 0 Å². The Kier molecular flexibility index (Phi) is 0.268. The van der Waals surface area contributed by atoms with Crippen molar-refractivity contribution < 1.29 is 0 Å². The zero-order valence-electron chi connectivity index (χ0n) is 3.06. The summed E-state index contributed by atoms with van der Waals surface area (Å²) in [5.41, 5.74) is 2.64. The van der Waals surface area contributed by atoms with Crippen molar-refractivity contribution in [2.24, 2.45) is 0 Å². The first-order valence-corrected chi connectivity index (χ1v) is 2.74. The highest BCUT2D eigenvalue weighted by Gasteiger charge is 2.13. The molecule has 0 bridgehead atoms. The van der Waals surface area contributed by atoms with E-state index in [-0.39, 0.29) is 0 Å². The summed E-state index contributed by atoms with van der Waals surface area (Å²) in [6.45, 7) is 0. The molecule has 2 rings (SSSR count). The van der Waals surface area contributed by atoms with Crippen LogP contribution in [0.1, 0.15) is 0 Å². The highest BCUT2D eigenvalue weighted by atomic mass is 32.1. The minimum absolute atomic E-state index is 1.32. The lowest BCUT2D eigenvalue weighted by Gasteiger charge is -1.61. The molecule has 0 aliphatic carbocycles. The van der Waals surface area contributed by atoms with Gasteiger partial charge in [-0.2, -0.15) is 0 Å². The summed E-state index contributed by atoms with van der Waals surface area (Å²) in [5, 5.41) is 7.28. The number of hydrogen-bond acceptors (Lipinski definition) is 2. The average Bonchev–Trinajstić information content (AvgIpc) is 2.17. The summed E-state index contributed by atoms with van der Waals surface area (Å²) in [5.74, 6) is 0. The van der Waals surface area contributed by atoms with E-state index in [1.807, 2.05) is 0 Å². The molecule has 0 unspecified atom stereocenters. The average molecular weight is 97.1 g/mol. The lowest BCUT2D eigenvalue weighted by molar-refractivity contribution is 2.07. The molecule has 0 saturated heterocycles. The van der Waals surface area contributed by atoms with Crippen LogP contribution in [0.25, 0.3) is 0 Å². The quantitative estimate of drug-likeness (QED) is 0.497. The van der Waals surface area contributed by atoms with Gasteiger partial charge in [0.1, 0.15) is 0 Å². The van der Waals surface area contributed by atoms with Crippen molar-refractivity contribution in [3.8, 4) is 0 Å². The molecule has 1 nitrogen and oxygen atoms in total. The largest absolute Gasteiger partial charge is 0.351 e. The number of anilines is 2. The van der Waals surface area contributed by atoms with Crippen molar-refractivity contribution in [3.05, 3.63) is 10.8 Å². The van der Waals surface area contributed by atoms with Crippen LogP contribution in [-0.4, -0.2) is 0 Å². The molecule has 2 heterocycles. The van der Waals surface area contributed by atoms with Gasteiger partial charge in [0.15, 0.2) is 0 Å². The van der Waals surface area contributed by atoms with Crippen molar-refractivity contribution in [2.45, 2.75) is 0 Å². The second kappa shape index (κ2) is 0.611. The van der Waals surface area contributed by atoms with Crippen LogP contribution >= 0.6 is 11.3 Å². The van der Waals surface area contributed by atoms with Crippen LogP contribution in [0.15, 0.2) is 10.8 Å². The Morgan fingerprint density at radius 2 is 2.00 bits per heavy atom. The molecule has 0 aromatic carbocycles. The highest BCUT2D eigenvalue weighted by Crippen LogP contribution is 2.41. The van der Waals surface area contributed by atoms with E-state index in [4.69, 9.17) is 0 Å². The van der Waals surface area contributed by atoms with Crippen molar-refractivity contribution >= 4 is 22.7 Å². The van der Waals surface area contributed by atoms with E-state index in [9.17, 15) is 0 Å². The van der Waals surface area contributed by atoms with Gasteiger partial charge in [0.05, 0.1) is 11.4 Å². The normalized spacial score (nSPS) is 12.7. The molecule has 0 spiro atoms. The second-order valence-electron chi connectivity index (χ2n) is 1.32. The fraction of sp³-hybridized carbons (Fsp3) is 0. The minimum Gasteiger partial charge on any atom is -0.351 e. The summed E-state index contributed by atoms with van der Waals surface area (Å²) >= 11 is 1.75. The van der Waals surface area contributed by atoms with Gasteiger partial charge in [0, 0.05) is 10.8 Å². The van der Waals surface area contributed by atoms with Crippen LogP contribution in [0.2, 0.25) is 0 Å². The molecule has 6 heavy (non-hydrogen) atoms. The van der Waals surface area contributed by atoms with E-state index in [1.165, 1.54) is 11.4 Å². The maximum absolute atomic E-state index is 3.07. The van der Waals surface area contributed by atoms with Crippen LogP contribution in [0.5, 0.6) is 0 Å². The van der Waals surface area contributed by atoms with Gasteiger partial charge in [-0.25, -0.2) is 0 Å². The van der Waals surface area contributed by atoms with E-state index in [2.05, 4.69) is 16.1 Å². The zero-order valence-corrected chi connectivity index (χ0v) is 3.88. The summed E-state index contributed by atoms with van der Waals surface area (Å²) in [6.07, 6.45) is 0. The number of thiophene rings is 1. The van der Waals surface area contributed by atoms with Crippen molar-refractivity contribution in [1.82, 2.24) is 0 Å². The van der Waals surface area contributed by atoms with Crippen LogP contribution < -0.4 is 5.32 Å². The summed E-state index contributed by atoms with van der Waals surface area (Å²) in [4.78, 5) is 0. The lowest BCUT2D eigenvalue weighted by atomic mass is 10.7. The third-order valence-electron chi connectivity index (χ3n) is 0.869. The monoisotopic (exact) mass is 97.0 g/mol. The van der Waals surface area contributed by atoms with E-state index < -0.39 is 0 Å². The molecule has 1 aliphatic rings. The van der Waals surface area contributed by atoms with E-state index in [0.29, 0.717) is 0 Å². The molecule has 0 saturated carbocycles. The fourth-order valence-corrected chi connectivity index (χ4v) is 1.18. The Balaban J connectivity index is 2.88. The van der Waals surface area contributed by atoms with Gasteiger partial charge < -0.3 is 5.32 Å². The maximum Gasteiger partial charge on any atom is 0.0733 e. The number of nitrogens with one attached hydrogen (secondary N) is 1. The number of fused-ring (bicyclic) bond motifs is 1. The maximum atomic E-state index is 3.07. The Morgan fingerprint density at radius 1 is 1.33 bits per heavy atom. The van der Waals surface area contributed by atoms with Crippen molar-refractivity contribution in [2.75, 3.05) is 5.32 Å². The number of hydrogen-bond donors (Lipinski definition) is 1. The van der Waals surface area contributed by atoms with Crippen molar-refractivity contribution in [3.63, 3.8) is 0 Å². The topological polar surface area (TPSA) is 21.9 Å². The first kappa shape index (κ1) is 2.64. The molecule has 1 aromatic rings. The van der Waals surface area contributed by atoms with Gasteiger partial charge in [-0.15, -0.1) is 11.3 Å². The molecule has 0 atom stereocenters. The minimum atomic E-state index is 1.32. The fourth-order valence-electron chi connectivity index (χ4n) is 0.470. The molecule has 1 N–H and O–H groups in total. The van der Waals surface area contributed by atoms with Crippen molar-refractivity contribution in [1.29, 1.82) is 0 Å². The first-order valence-electron chi connectivity index (χ1n) is 1.80. The van der Waals surface area contributed by atoms with Gasteiger partial charge >= 0.3 is 0 Å². The summed E-state index contributed by atoms with van der Waals surface area (Å²) in [7, 11) is 0. The first-order chi connectivity index (χ1) is 2.97. The smallest absolute Gasteiger partial charge is 0.0733 e. The Morgan fingerprint density at radius 3 is 2.17 bits per heavy atom. The highest BCUT2D eigenvalue weighted by molar-refractivity contribution is 7.09. The van der Waals surface area contributed by atoms with E-state index >= 15 is 0 Å². The molecular formula is C4H3NS. The van der Waals surface area contributed by atoms with Crippen LogP contribution in [0.3, 0.4) is 0 Å².